The first-order chi connectivity index (χ1) is 9.93. The van der Waals surface area contributed by atoms with E-state index in [9.17, 15) is 13.2 Å². The van der Waals surface area contributed by atoms with E-state index < -0.39 is 11.9 Å². The van der Waals surface area contributed by atoms with E-state index in [0.717, 1.165) is 25.5 Å². The molecule has 3 heterocycles. The number of piperidine rings is 1. The fraction of sp³-hybridized carbons (Fsp3) is 0.583. The lowest BCUT2D eigenvalue weighted by Gasteiger charge is -2.31. The summed E-state index contributed by atoms with van der Waals surface area (Å²) in [6.07, 6.45) is -1.45. The molecular weight excluding hydrogens is 287 g/mol. The summed E-state index contributed by atoms with van der Waals surface area (Å²) in [6, 6.07) is 1.26. The Morgan fingerprint density at radius 3 is 2.76 bits per heavy atom. The van der Waals surface area contributed by atoms with Gasteiger partial charge in [-0.05, 0) is 18.9 Å². The van der Waals surface area contributed by atoms with Crippen LogP contribution >= 0.6 is 0 Å². The van der Waals surface area contributed by atoms with Crippen molar-refractivity contribution in [3.05, 3.63) is 23.8 Å². The van der Waals surface area contributed by atoms with Gasteiger partial charge in [0.05, 0.1) is 6.04 Å². The smallest absolute Gasteiger partial charge is 0.408 e. The van der Waals surface area contributed by atoms with E-state index in [1.165, 1.54) is 10.9 Å². The Hall–Kier alpha value is -2.06. The van der Waals surface area contributed by atoms with Gasteiger partial charge in [-0.3, -0.25) is 4.68 Å². The van der Waals surface area contributed by atoms with Gasteiger partial charge in [-0.25, -0.2) is 0 Å². The molecule has 0 unspecified atom stereocenters. The maximum absolute atomic E-state index is 12.6. The number of hydrogen-bond donors (Lipinski definition) is 0. The molecule has 0 spiro atoms. The lowest BCUT2D eigenvalue weighted by atomic mass is 10.1. The molecule has 0 bridgehead atoms. The number of hydrogen-bond acceptors (Lipinski definition) is 5. The highest BCUT2D eigenvalue weighted by Crippen LogP contribution is 2.30. The Bertz CT molecular complexity index is 620. The van der Waals surface area contributed by atoms with Gasteiger partial charge in [0.15, 0.2) is 5.69 Å². The van der Waals surface area contributed by atoms with Crippen LogP contribution in [-0.4, -0.2) is 33.1 Å². The minimum Gasteiger partial charge on any atom is -0.408 e. The zero-order chi connectivity index (χ0) is 15.0. The van der Waals surface area contributed by atoms with Gasteiger partial charge in [-0.15, -0.1) is 5.10 Å². The molecule has 114 valence electrons. The molecule has 0 aliphatic carbocycles. The molecule has 6 nitrogen and oxygen atoms in total. The number of halogens is 3. The predicted molar refractivity (Wildman–Crippen MR) is 66.7 cm³/mol. The Kier molecular flexibility index (Phi) is 3.34. The van der Waals surface area contributed by atoms with Gasteiger partial charge in [0.1, 0.15) is 0 Å². The first-order valence-corrected chi connectivity index (χ1v) is 6.61. The molecule has 21 heavy (non-hydrogen) atoms. The molecule has 3 rings (SSSR count). The van der Waals surface area contributed by atoms with E-state index in [1.54, 1.807) is 6.92 Å². The maximum atomic E-state index is 12.6. The third kappa shape index (κ3) is 2.86. The van der Waals surface area contributed by atoms with Crippen molar-refractivity contribution in [3.63, 3.8) is 0 Å². The maximum Gasteiger partial charge on any atom is 0.435 e. The van der Waals surface area contributed by atoms with Crippen LogP contribution in [0.15, 0.2) is 16.7 Å². The molecule has 1 aliphatic heterocycles. The second-order valence-corrected chi connectivity index (χ2v) is 5.02. The summed E-state index contributed by atoms with van der Waals surface area (Å²) >= 11 is 0. The SMILES string of the molecule is Cc1nnc(N2CCC[C@H](n3ccc(C(F)(F)F)n3)C2)o1. The topological polar surface area (TPSA) is 60.0 Å². The van der Waals surface area contributed by atoms with E-state index in [-0.39, 0.29) is 6.04 Å². The van der Waals surface area contributed by atoms with Crippen molar-refractivity contribution >= 4 is 6.01 Å². The summed E-state index contributed by atoms with van der Waals surface area (Å²) in [7, 11) is 0. The molecule has 2 aromatic heterocycles. The van der Waals surface area contributed by atoms with Crippen molar-refractivity contribution in [1.82, 2.24) is 20.0 Å². The molecule has 1 fully saturated rings. The summed E-state index contributed by atoms with van der Waals surface area (Å²) in [4.78, 5) is 1.88. The molecule has 1 saturated heterocycles. The molecule has 9 heteroatoms. The summed E-state index contributed by atoms with van der Waals surface area (Å²) in [5.41, 5.74) is -0.867. The van der Waals surface area contributed by atoms with Gasteiger partial charge in [-0.1, -0.05) is 5.10 Å². The number of aromatic nitrogens is 4. The van der Waals surface area contributed by atoms with E-state index in [4.69, 9.17) is 4.42 Å². The van der Waals surface area contributed by atoms with Crippen LogP contribution in [-0.2, 0) is 6.18 Å². The molecule has 0 radical (unpaired) electrons. The first-order valence-electron chi connectivity index (χ1n) is 6.61. The van der Waals surface area contributed by atoms with Crippen LogP contribution in [0.3, 0.4) is 0 Å². The van der Waals surface area contributed by atoms with E-state index in [1.807, 2.05) is 4.90 Å². The highest BCUT2D eigenvalue weighted by atomic mass is 19.4. The van der Waals surface area contributed by atoms with Gasteiger partial charge in [0.2, 0.25) is 5.89 Å². The first kappa shape index (κ1) is 13.9. The number of aryl methyl sites for hydroxylation is 1. The Labute approximate surface area is 118 Å². The van der Waals surface area contributed by atoms with Crippen molar-refractivity contribution in [2.24, 2.45) is 0 Å². The van der Waals surface area contributed by atoms with Crippen molar-refractivity contribution in [2.45, 2.75) is 32.0 Å². The third-order valence-electron chi connectivity index (χ3n) is 3.46. The summed E-state index contributed by atoms with van der Waals surface area (Å²) in [6.45, 7) is 2.94. The summed E-state index contributed by atoms with van der Waals surface area (Å²) < 4.78 is 44.5. The highest BCUT2D eigenvalue weighted by molar-refractivity contribution is 5.25. The van der Waals surface area contributed by atoms with E-state index in [2.05, 4.69) is 15.3 Å². The zero-order valence-electron chi connectivity index (χ0n) is 11.3. The minimum absolute atomic E-state index is 0.137. The number of nitrogens with zero attached hydrogens (tertiary/aromatic N) is 5. The zero-order valence-corrected chi connectivity index (χ0v) is 11.3. The van der Waals surface area contributed by atoms with Crippen molar-refractivity contribution in [2.75, 3.05) is 18.0 Å². The number of anilines is 1. The molecule has 1 atom stereocenters. The quantitative estimate of drug-likeness (QED) is 0.852. The second kappa shape index (κ2) is 5.05. The average molecular weight is 301 g/mol. The van der Waals surface area contributed by atoms with Crippen LogP contribution in [0.1, 0.15) is 30.5 Å². The second-order valence-electron chi connectivity index (χ2n) is 5.02. The van der Waals surface area contributed by atoms with Crippen LogP contribution in [0, 0.1) is 6.92 Å². The Morgan fingerprint density at radius 2 is 2.14 bits per heavy atom. The molecule has 2 aromatic rings. The molecule has 0 aromatic carbocycles. The average Bonchev–Trinajstić information content (AvgIpc) is 3.07. The van der Waals surface area contributed by atoms with E-state index in [0.29, 0.717) is 18.5 Å². The van der Waals surface area contributed by atoms with Crippen LogP contribution in [0.25, 0.3) is 0 Å². The standard InChI is InChI=1S/C12H14F3N5O/c1-8-16-17-11(21-8)19-5-2-3-9(7-19)20-6-4-10(18-20)12(13,14)15/h4,6,9H,2-3,5,7H2,1H3/t9-/m0/s1. The monoisotopic (exact) mass is 301 g/mol. The Morgan fingerprint density at radius 1 is 1.33 bits per heavy atom. The molecule has 1 aliphatic rings. The third-order valence-corrected chi connectivity index (χ3v) is 3.46. The number of rotatable bonds is 2. The summed E-state index contributed by atoms with van der Waals surface area (Å²) in [5, 5.41) is 11.3. The van der Waals surface area contributed by atoms with Crippen molar-refractivity contribution < 1.29 is 17.6 Å². The van der Waals surface area contributed by atoms with E-state index >= 15 is 0 Å². The van der Waals surface area contributed by atoms with Gasteiger partial charge in [0.25, 0.3) is 0 Å². The predicted octanol–water partition coefficient (Wildman–Crippen LogP) is 2.43. The van der Waals surface area contributed by atoms with Crippen molar-refractivity contribution in [3.8, 4) is 0 Å². The fourth-order valence-corrected chi connectivity index (χ4v) is 2.45. The van der Waals surface area contributed by atoms with Crippen molar-refractivity contribution in [1.29, 1.82) is 0 Å². The molecular formula is C12H14F3N5O. The molecule has 0 N–H and O–H groups in total. The lowest BCUT2D eigenvalue weighted by molar-refractivity contribution is -0.141. The minimum atomic E-state index is -4.41. The van der Waals surface area contributed by atoms with Gasteiger partial charge in [-0.2, -0.15) is 18.3 Å². The lowest BCUT2D eigenvalue weighted by Crippen LogP contribution is -2.37. The Balaban J connectivity index is 1.75. The van der Waals surface area contributed by atoms with Crippen LogP contribution in [0.2, 0.25) is 0 Å². The van der Waals surface area contributed by atoms with Crippen LogP contribution in [0.4, 0.5) is 19.2 Å². The molecule has 0 amide bonds. The van der Waals surface area contributed by atoms with Crippen LogP contribution in [0.5, 0.6) is 0 Å². The van der Waals surface area contributed by atoms with Gasteiger partial charge < -0.3 is 9.32 Å². The highest BCUT2D eigenvalue weighted by Gasteiger charge is 2.34. The molecule has 0 saturated carbocycles. The fourth-order valence-electron chi connectivity index (χ4n) is 2.45. The van der Waals surface area contributed by atoms with Gasteiger partial charge >= 0.3 is 12.2 Å². The largest absolute Gasteiger partial charge is 0.435 e. The number of alkyl halides is 3. The van der Waals surface area contributed by atoms with Gasteiger partial charge in [0, 0.05) is 26.2 Å². The van der Waals surface area contributed by atoms with Crippen LogP contribution < -0.4 is 4.90 Å². The normalized spacial score (nSPS) is 20.0. The summed E-state index contributed by atoms with van der Waals surface area (Å²) in [5.74, 6) is 0.463.